The second kappa shape index (κ2) is 6.39. The molecule has 1 aromatic carbocycles. The smallest absolute Gasteiger partial charge is 0.235 e. The van der Waals surface area contributed by atoms with Crippen molar-refractivity contribution in [2.75, 3.05) is 23.2 Å². The quantitative estimate of drug-likeness (QED) is 0.805. The fourth-order valence-electron chi connectivity index (χ4n) is 2.32. The molecule has 0 radical (unpaired) electrons. The molecule has 0 aromatic heterocycles. The average molecular weight is 283 g/mol. The molecule has 1 atom stereocenters. The molecule has 0 amide bonds. The molecule has 1 saturated heterocycles. The second-order valence-corrected chi connectivity index (χ2v) is 6.83. The molecule has 19 heavy (non-hydrogen) atoms. The van der Waals surface area contributed by atoms with Crippen molar-refractivity contribution in [2.24, 2.45) is 0 Å². The van der Waals surface area contributed by atoms with Crippen LogP contribution in [0, 0.1) is 0 Å². The average Bonchev–Trinajstić information content (AvgIpc) is 2.89. The highest BCUT2D eigenvalue weighted by atomic mass is 32.2. The van der Waals surface area contributed by atoms with Crippen molar-refractivity contribution < 1.29 is 13.2 Å². The first-order valence-corrected chi connectivity index (χ1v) is 8.41. The van der Waals surface area contributed by atoms with Gasteiger partial charge in [0, 0.05) is 6.61 Å². The number of hydrogen-bond acceptors (Lipinski definition) is 3. The molecule has 0 N–H and O–H groups in total. The molecule has 1 aliphatic rings. The zero-order chi connectivity index (χ0) is 13.7. The number of sulfonamides is 1. The lowest BCUT2D eigenvalue weighted by Crippen LogP contribution is -2.38. The molecule has 0 saturated carbocycles. The maximum Gasteiger partial charge on any atom is 0.235 e. The molecular weight excluding hydrogens is 262 g/mol. The van der Waals surface area contributed by atoms with Gasteiger partial charge in [-0.25, -0.2) is 8.42 Å². The van der Waals surface area contributed by atoms with E-state index in [9.17, 15) is 8.42 Å². The van der Waals surface area contributed by atoms with Crippen LogP contribution in [0.1, 0.15) is 26.2 Å². The predicted molar refractivity (Wildman–Crippen MR) is 76.8 cm³/mol. The van der Waals surface area contributed by atoms with E-state index >= 15 is 0 Å². The maximum absolute atomic E-state index is 12.4. The van der Waals surface area contributed by atoms with Crippen LogP contribution in [-0.2, 0) is 14.8 Å². The van der Waals surface area contributed by atoms with E-state index in [4.69, 9.17) is 4.74 Å². The van der Waals surface area contributed by atoms with Crippen molar-refractivity contribution in [3.05, 3.63) is 30.3 Å². The molecule has 1 aliphatic heterocycles. The number of para-hydroxylation sites is 1. The van der Waals surface area contributed by atoms with Gasteiger partial charge in [0.05, 0.1) is 24.1 Å². The minimum Gasteiger partial charge on any atom is -0.376 e. The summed E-state index contributed by atoms with van der Waals surface area (Å²) in [5, 5.41) is 0. The number of hydrogen-bond donors (Lipinski definition) is 0. The van der Waals surface area contributed by atoms with Gasteiger partial charge in [-0.05, 0) is 31.4 Å². The van der Waals surface area contributed by atoms with Gasteiger partial charge in [0.1, 0.15) is 0 Å². The third-order valence-electron chi connectivity index (χ3n) is 3.24. The minimum atomic E-state index is -3.26. The van der Waals surface area contributed by atoms with Crippen LogP contribution in [0.3, 0.4) is 0 Å². The van der Waals surface area contributed by atoms with Gasteiger partial charge < -0.3 is 4.74 Å². The van der Waals surface area contributed by atoms with E-state index in [1.54, 1.807) is 0 Å². The molecule has 1 fully saturated rings. The fraction of sp³-hybridized carbons (Fsp3) is 0.571. The number of ether oxygens (including phenoxy) is 1. The van der Waals surface area contributed by atoms with Crippen LogP contribution in [-0.4, -0.2) is 33.4 Å². The molecule has 2 rings (SSSR count). The molecule has 1 unspecified atom stereocenters. The lowest BCUT2D eigenvalue weighted by molar-refractivity contribution is 0.118. The van der Waals surface area contributed by atoms with Crippen LogP contribution >= 0.6 is 0 Å². The SMILES string of the molecule is CCCS(=O)(=O)N(CC1CCCO1)c1ccccc1. The third-order valence-corrected chi connectivity index (χ3v) is 5.19. The summed E-state index contributed by atoms with van der Waals surface area (Å²) in [6.07, 6.45) is 2.59. The highest BCUT2D eigenvalue weighted by Gasteiger charge is 2.27. The van der Waals surface area contributed by atoms with Crippen LogP contribution in [0.4, 0.5) is 5.69 Å². The zero-order valence-corrected chi connectivity index (χ0v) is 12.1. The molecule has 1 aromatic rings. The van der Waals surface area contributed by atoms with Crippen molar-refractivity contribution in [3.8, 4) is 0 Å². The summed E-state index contributed by atoms with van der Waals surface area (Å²) in [5.41, 5.74) is 0.728. The third kappa shape index (κ3) is 3.70. The van der Waals surface area contributed by atoms with Crippen LogP contribution in [0.2, 0.25) is 0 Å². The van der Waals surface area contributed by atoms with Gasteiger partial charge in [0.25, 0.3) is 0 Å². The molecule has 5 heteroatoms. The Morgan fingerprint density at radius 3 is 2.63 bits per heavy atom. The van der Waals surface area contributed by atoms with Gasteiger partial charge >= 0.3 is 0 Å². The Bertz CT molecular complexity index is 481. The normalized spacial score (nSPS) is 19.5. The number of rotatable bonds is 6. The van der Waals surface area contributed by atoms with E-state index < -0.39 is 10.0 Å². The van der Waals surface area contributed by atoms with E-state index in [1.807, 2.05) is 37.3 Å². The van der Waals surface area contributed by atoms with Crippen molar-refractivity contribution in [2.45, 2.75) is 32.3 Å². The largest absolute Gasteiger partial charge is 0.376 e. The van der Waals surface area contributed by atoms with Crippen molar-refractivity contribution in [3.63, 3.8) is 0 Å². The summed E-state index contributed by atoms with van der Waals surface area (Å²) in [6.45, 7) is 3.04. The van der Waals surface area contributed by atoms with E-state index in [2.05, 4.69) is 0 Å². The Kier molecular flexibility index (Phi) is 4.82. The highest BCUT2D eigenvalue weighted by molar-refractivity contribution is 7.92. The summed E-state index contributed by atoms with van der Waals surface area (Å²) >= 11 is 0. The number of nitrogens with zero attached hydrogens (tertiary/aromatic N) is 1. The molecule has 4 nitrogen and oxygen atoms in total. The fourth-order valence-corrected chi connectivity index (χ4v) is 3.89. The van der Waals surface area contributed by atoms with E-state index in [1.165, 1.54) is 4.31 Å². The summed E-state index contributed by atoms with van der Waals surface area (Å²) in [6, 6.07) is 9.28. The van der Waals surface area contributed by atoms with Crippen LogP contribution in [0.25, 0.3) is 0 Å². The molecule has 0 spiro atoms. The molecule has 0 aliphatic carbocycles. The topological polar surface area (TPSA) is 46.6 Å². The Morgan fingerprint density at radius 1 is 1.32 bits per heavy atom. The van der Waals surface area contributed by atoms with Crippen molar-refractivity contribution in [1.29, 1.82) is 0 Å². The standard InChI is InChI=1S/C14H21NO3S/c1-2-11-19(16,17)15(12-14-9-6-10-18-14)13-7-4-3-5-8-13/h3-5,7-8,14H,2,6,9-12H2,1H3. The lowest BCUT2D eigenvalue weighted by Gasteiger charge is -2.26. The lowest BCUT2D eigenvalue weighted by atomic mass is 10.2. The molecule has 106 valence electrons. The second-order valence-electron chi connectivity index (χ2n) is 4.82. The van der Waals surface area contributed by atoms with Crippen molar-refractivity contribution in [1.82, 2.24) is 0 Å². The molecular formula is C14H21NO3S. The van der Waals surface area contributed by atoms with E-state index in [0.29, 0.717) is 13.0 Å². The Hall–Kier alpha value is -1.07. The Labute approximate surface area is 115 Å². The van der Waals surface area contributed by atoms with Crippen LogP contribution in [0.5, 0.6) is 0 Å². The van der Waals surface area contributed by atoms with Gasteiger partial charge in [-0.2, -0.15) is 0 Å². The monoisotopic (exact) mass is 283 g/mol. The Morgan fingerprint density at radius 2 is 2.05 bits per heavy atom. The van der Waals surface area contributed by atoms with Gasteiger partial charge in [0.15, 0.2) is 0 Å². The summed E-state index contributed by atoms with van der Waals surface area (Å²) in [7, 11) is -3.26. The summed E-state index contributed by atoms with van der Waals surface area (Å²) in [4.78, 5) is 0. The maximum atomic E-state index is 12.4. The van der Waals surface area contributed by atoms with Crippen LogP contribution in [0.15, 0.2) is 30.3 Å². The van der Waals surface area contributed by atoms with Gasteiger partial charge in [-0.1, -0.05) is 25.1 Å². The first kappa shape index (κ1) is 14.3. The molecule has 1 heterocycles. The van der Waals surface area contributed by atoms with Gasteiger partial charge in [0.2, 0.25) is 10.0 Å². The number of benzene rings is 1. The highest BCUT2D eigenvalue weighted by Crippen LogP contribution is 2.22. The van der Waals surface area contributed by atoms with E-state index in [0.717, 1.165) is 25.1 Å². The van der Waals surface area contributed by atoms with Gasteiger partial charge in [-0.15, -0.1) is 0 Å². The first-order valence-electron chi connectivity index (χ1n) is 6.80. The minimum absolute atomic E-state index is 0.0202. The van der Waals surface area contributed by atoms with E-state index in [-0.39, 0.29) is 11.9 Å². The van der Waals surface area contributed by atoms with Gasteiger partial charge in [-0.3, -0.25) is 4.31 Å². The number of anilines is 1. The summed E-state index contributed by atoms with van der Waals surface area (Å²) in [5.74, 6) is 0.175. The summed E-state index contributed by atoms with van der Waals surface area (Å²) < 4.78 is 31.9. The van der Waals surface area contributed by atoms with Crippen LogP contribution < -0.4 is 4.31 Å². The predicted octanol–water partition coefficient (Wildman–Crippen LogP) is 2.41. The molecule has 0 bridgehead atoms. The Balaban J connectivity index is 2.22. The first-order chi connectivity index (χ1) is 9.13. The van der Waals surface area contributed by atoms with Crippen molar-refractivity contribution >= 4 is 15.7 Å². The zero-order valence-electron chi connectivity index (χ0n) is 11.3.